The molecule has 2 N–H and O–H groups in total. The van der Waals surface area contributed by atoms with E-state index in [0.29, 0.717) is 0 Å². The third-order valence-corrected chi connectivity index (χ3v) is 5.04. The number of rotatable bonds is 4. The topological polar surface area (TPSA) is 66.8 Å². The first-order valence-electron chi connectivity index (χ1n) is 6.13. The summed E-state index contributed by atoms with van der Waals surface area (Å²) in [5.41, 5.74) is 0.170. The fraction of sp³-hybridized carbons (Fsp3) is 0.286. The maximum absolute atomic E-state index is 12.0. The minimum atomic E-state index is -3.64. The highest BCUT2D eigenvalue weighted by molar-refractivity contribution is 7.53. The van der Waals surface area contributed by atoms with E-state index in [0.717, 1.165) is 16.3 Å². The van der Waals surface area contributed by atoms with Gasteiger partial charge in [0.25, 0.3) is 0 Å². The smallest absolute Gasteiger partial charge is 0.335 e. The van der Waals surface area contributed by atoms with Crippen molar-refractivity contribution in [3.05, 3.63) is 42.0 Å². The van der Waals surface area contributed by atoms with Crippen LogP contribution in [0.1, 0.15) is 25.1 Å². The fourth-order valence-corrected chi connectivity index (χ4v) is 3.13. The van der Waals surface area contributed by atoms with Crippen LogP contribution in [0.5, 0.6) is 5.75 Å². The lowest BCUT2D eigenvalue weighted by molar-refractivity contribution is 0.266. The highest BCUT2D eigenvalue weighted by Gasteiger charge is 2.29. The SMILES string of the molecule is CCOP(=O)(O)C(C)c1ccc2cc(O)ccc2c1. The van der Waals surface area contributed by atoms with Gasteiger partial charge in [0.2, 0.25) is 0 Å². The van der Waals surface area contributed by atoms with Crippen molar-refractivity contribution in [3.63, 3.8) is 0 Å². The number of phenolic OH excluding ortho intramolecular Hbond substituents is 1. The molecular weight excluding hydrogens is 263 g/mol. The second-order valence-corrected chi connectivity index (χ2v) is 6.61. The molecule has 2 rings (SSSR count). The van der Waals surface area contributed by atoms with E-state index in [1.54, 1.807) is 38.1 Å². The predicted octanol–water partition coefficient (Wildman–Crippen LogP) is 3.83. The Kier molecular flexibility index (Phi) is 3.95. The molecule has 5 heteroatoms. The Labute approximate surface area is 112 Å². The second kappa shape index (κ2) is 5.33. The minimum Gasteiger partial charge on any atom is -0.508 e. The number of phenols is 1. The van der Waals surface area contributed by atoms with Crippen LogP contribution >= 0.6 is 7.60 Å². The van der Waals surface area contributed by atoms with Crippen LogP contribution < -0.4 is 0 Å². The molecule has 0 saturated carbocycles. The summed E-state index contributed by atoms with van der Waals surface area (Å²) < 4.78 is 16.9. The van der Waals surface area contributed by atoms with Crippen molar-refractivity contribution in [2.45, 2.75) is 19.5 Å². The van der Waals surface area contributed by atoms with Gasteiger partial charge in [0, 0.05) is 0 Å². The molecule has 4 nitrogen and oxygen atoms in total. The summed E-state index contributed by atoms with van der Waals surface area (Å²) in [6.45, 7) is 3.58. The lowest BCUT2D eigenvalue weighted by Gasteiger charge is -2.19. The van der Waals surface area contributed by atoms with Crippen LogP contribution in [0.2, 0.25) is 0 Å². The summed E-state index contributed by atoms with van der Waals surface area (Å²) in [4.78, 5) is 9.85. The molecule has 2 aromatic rings. The molecule has 0 amide bonds. The Balaban J connectivity index is 2.41. The molecule has 102 valence electrons. The van der Waals surface area contributed by atoms with Crippen molar-refractivity contribution in [2.24, 2.45) is 0 Å². The zero-order valence-electron chi connectivity index (χ0n) is 10.9. The van der Waals surface area contributed by atoms with Gasteiger partial charge < -0.3 is 14.5 Å². The van der Waals surface area contributed by atoms with Crippen molar-refractivity contribution in [3.8, 4) is 5.75 Å². The largest absolute Gasteiger partial charge is 0.508 e. The van der Waals surface area contributed by atoms with E-state index in [1.165, 1.54) is 0 Å². The summed E-state index contributed by atoms with van der Waals surface area (Å²) in [5.74, 6) is 0.204. The number of benzene rings is 2. The molecule has 0 heterocycles. The molecule has 2 atom stereocenters. The van der Waals surface area contributed by atoms with E-state index in [-0.39, 0.29) is 12.4 Å². The van der Waals surface area contributed by atoms with Crippen LogP contribution in [0.4, 0.5) is 0 Å². The Morgan fingerprint density at radius 2 is 1.84 bits per heavy atom. The molecule has 2 unspecified atom stereocenters. The Morgan fingerprint density at radius 3 is 2.53 bits per heavy atom. The maximum Gasteiger partial charge on any atom is 0.335 e. The molecule has 0 aromatic heterocycles. The van der Waals surface area contributed by atoms with Crippen LogP contribution in [0.25, 0.3) is 10.8 Å². The molecule has 0 fully saturated rings. The lowest BCUT2D eigenvalue weighted by Crippen LogP contribution is -1.99. The fourth-order valence-electron chi connectivity index (χ4n) is 2.00. The van der Waals surface area contributed by atoms with E-state index in [1.807, 2.05) is 12.1 Å². The highest BCUT2D eigenvalue weighted by atomic mass is 31.2. The molecule has 0 aliphatic carbocycles. The van der Waals surface area contributed by atoms with Crippen LogP contribution in [0.15, 0.2) is 36.4 Å². The zero-order chi connectivity index (χ0) is 14.0. The van der Waals surface area contributed by atoms with Crippen LogP contribution in [-0.2, 0) is 9.09 Å². The first kappa shape index (κ1) is 14.1. The van der Waals surface area contributed by atoms with Gasteiger partial charge in [-0.1, -0.05) is 24.3 Å². The Morgan fingerprint density at radius 1 is 1.21 bits per heavy atom. The number of fused-ring (bicyclic) bond motifs is 1. The number of aromatic hydroxyl groups is 1. The molecule has 2 aromatic carbocycles. The molecule has 19 heavy (non-hydrogen) atoms. The molecule has 0 aliphatic rings. The number of hydrogen-bond acceptors (Lipinski definition) is 3. The van der Waals surface area contributed by atoms with E-state index in [2.05, 4.69) is 0 Å². The van der Waals surface area contributed by atoms with Gasteiger partial charge >= 0.3 is 7.60 Å². The average molecular weight is 280 g/mol. The molecule has 0 saturated heterocycles. The first-order chi connectivity index (χ1) is 8.94. The summed E-state index contributed by atoms with van der Waals surface area (Å²) in [5, 5.41) is 11.2. The Hall–Kier alpha value is -1.35. The van der Waals surface area contributed by atoms with Crippen molar-refractivity contribution in [2.75, 3.05) is 6.61 Å². The van der Waals surface area contributed by atoms with E-state index in [9.17, 15) is 14.6 Å². The molecule has 0 radical (unpaired) electrons. The van der Waals surface area contributed by atoms with Gasteiger partial charge in [-0.05, 0) is 42.3 Å². The van der Waals surface area contributed by atoms with Crippen LogP contribution in [-0.4, -0.2) is 16.6 Å². The third kappa shape index (κ3) is 2.98. The quantitative estimate of drug-likeness (QED) is 0.835. The molecule has 0 aliphatic heterocycles. The number of hydrogen-bond donors (Lipinski definition) is 2. The van der Waals surface area contributed by atoms with Gasteiger partial charge in [0.1, 0.15) is 5.75 Å². The minimum absolute atomic E-state index is 0.204. The van der Waals surface area contributed by atoms with Crippen LogP contribution in [0, 0.1) is 0 Å². The van der Waals surface area contributed by atoms with Crippen molar-refractivity contribution < 1.29 is 19.1 Å². The molecule has 0 spiro atoms. The van der Waals surface area contributed by atoms with Gasteiger partial charge in [-0.3, -0.25) is 4.57 Å². The second-order valence-electron chi connectivity index (χ2n) is 4.45. The van der Waals surface area contributed by atoms with Gasteiger partial charge in [-0.15, -0.1) is 0 Å². The summed E-state index contributed by atoms with van der Waals surface area (Å²) >= 11 is 0. The lowest BCUT2D eigenvalue weighted by atomic mass is 10.1. The first-order valence-corrected chi connectivity index (χ1v) is 7.78. The monoisotopic (exact) mass is 280 g/mol. The zero-order valence-corrected chi connectivity index (χ0v) is 11.8. The van der Waals surface area contributed by atoms with E-state index < -0.39 is 13.3 Å². The maximum atomic E-state index is 12.0. The van der Waals surface area contributed by atoms with Gasteiger partial charge in [-0.25, -0.2) is 0 Å². The summed E-state index contributed by atoms with van der Waals surface area (Å²) in [7, 11) is -3.64. The molecular formula is C14H17O4P. The normalized spacial score (nSPS) is 16.2. The predicted molar refractivity (Wildman–Crippen MR) is 75.5 cm³/mol. The molecule has 0 bridgehead atoms. The summed E-state index contributed by atoms with van der Waals surface area (Å²) in [6, 6.07) is 10.5. The van der Waals surface area contributed by atoms with E-state index in [4.69, 9.17) is 4.52 Å². The van der Waals surface area contributed by atoms with Gasteiger partial charge in [0.05, 0.1) is 12.3 Å². The van der Waals surface area contributed by atoms with Gasteiger partial charge in [0.15, 0.2) is 0 Å². The summed E-state index contributed by atoms with van der Waals surface area (Å²) in [6.07, 6.45) is 0. The van der Waals surface area contributed by atoms with Crippen molar-refractivity contribution in [1.82, 2.24) is 0 Å². The Bertz CT molecular complexity index is 638. The van der Waals surface area contributed by atoms with Crippen molar-refractivity contribution >= 4 is 18.4 Å². The van der Waals surface area contributed by atoms with Gasteiger partial charge in [-0.2, -0.15) is 0 Å². The van der Waals surface area contributed by atoms with Crippen molar-refractivity contribution in [1.29, 1.82) is 0 Å². The standard InChI is InChI=1S/C14H17O4P/c1-3-18-19(16,17)10(2)11-4-5-13-9-14(15)7-6-12(13)8-11/h4-10,15H,3H2,1-2H3,(H,16,17). The average Bonchev–Trinajstić information content (AvgIpc) is 2.37. The third-order valence-electron chi connectivity index (χ3n) is 3.13. The highest BCUT2D eigenvalue weighted by Crippen LogP contribution is 2.56. The van der Waals surface area contributed by atoms with Crippen LogP contribution in [0.3, 0.4) is 0 Å². The van der Waals surface area contributed by atoms with E-state index >= 15 is 0 Å².